The molecule has 0 aliphatic heterocycles. The number of nitrogens with zero attached hydrogens (tertiary/aromatic N) is 1. The summed E-state index contributed by atoms with van der Waals surface area (Å²) in [7, 11) is 0. The third-order valence-corrected chi connectivity index (χ3v) is 3.77. The van der Waals surface area contributed by atoms with Gasteiger partial charge in [-0.3, -0.25) is 0 Å². The monoisotopic (exact) mass is 308 g/mol. The van der Waals surface area contributed by atoms with Crippen molar-refractivity contribution in [3.63, 3.8) is 0 Å². The number of nitrogens with two attached hydrogens (primary N) is 1. The minimum Gasteiger partial charge on any atom is -0.469 e. The van der Waals surface area contributed by atoms with E-state index in [-0.39, 0.29) is 0 Å². The first kappa shape index (κ1) is 13.1. The van der Waals surface area contributed by atoms with Crippen LogP contribution < -0.4 is 5.73 Å². The summed E-state index contributed by atoms with van der Waals surface area (Å²) in [6.45, 7) is 1.84. The Morgan fingerprint density at radius 2 is 1.95 bits per heavy atom. The Morgan fingerprint density at radius 3 is 2.60 bits per heavy atom. The van der Waals surface area contributed by atoms with Crippen molar-refractivity contribution in [3.05, 3.63) is 46.3 Å². The topological polar surface area (TPSA) is 65.2 Å². The van der Waals surface area contributed by atoms with Gasteiger partial charge in [0.05, 0.1) is 27.4 Å². The summed E-state index contributed by atoms with van der Waals surface area (Å²) in [6, 6.07) is 7.05. The van der Waals surface area contributed by atoms with Gasteiger partial charge in [0.1, 0.15) is 5.76 Å². The summed E-state index contributed by atoms with van der Waals surface area (Å²) >= 11 is 12.0. The van der Waals surface area contributed by atoms with Crippen molar-refractivity contribution < 1.29 is 8.94 Å². The number of aryl methyl sites for hydroxylation is 1. The van der Waals surface area contributed by atoms with Gasteiger partial charge < -0.3 is 14.7 Å². The highest BCUT2D eigenvalue weighted by Gasteiger charge is 2.20. The van der Waals surface area contributed by atoms with Crippen LogP contribution in [0.1, 0.15) is 5.76 Å². The zero-order chi connectivity index (χ0) is 14.3. The summed E-state index contributed by atoms with van der Waals surface area (Å²) in [4.78, 5) is 0. The quantitative estimate of drug-likeness (QED) is 0.738. The Hall–Kier alpha value is -1.91. The van der Waals surface area contributed by atoms with Crippen LogP contribution >= 0.6 is 23.2 Å². The highest BCUT2D eigenvalue weighted by Crippen LogP contribution is 2.39. The number of nitrogen functional groups attached to an aromatic ring is 1. The van der Waals surface area contributed by atoms with Gasteiger partial charge in [0.25, 0.3) is 0 Å². The van der Waals surface area contributed by atoms with Crippen molar-refractivity contribution in [1.29, 1.82) is 0 Å². The Bertz CT molecular complexity index is 777. The third-order valence-electron chi connectivity index (χ3n) is 3.03. The average molecular weight is 309 g/mol. The van der Waals surface area contributed by atoms with E-state index in [9.17, 15) is 0 Å². The molecular weight excluding hydrogens is 299 g/mol. The lowest BCUT2D eigenvalue weighted by molar-refractivity contribution is 0.434. The molecule has 0 aliphatic rings. The highest BCUT2D eigenvalue weighted by molar-refractivity contribution is 6.42. The van der Waals surface area contributed by atoms with Crippen LogP contribution in [0.3, 0.4) is 0 Å². The van der Waals surface area contributed by atoms with E-state index in [2.05, 4.69) is 5.16 Å². The molecule has 0 amide bonds. The summed E-state index contributed by atoms with van der Waals surface area (Å²) < 4.78 is 10.6. The molecule has 20 heavy (non-hydrogen) atoms. The van der Waals surface area contributed by atoms with E-state index < -0.39 is 0 Å². The number of halogens is 2. The Kier molecular flexibility index (Phi) is 3.20. The molecule has 102 valence electrons. The maximum atomic E-state index is 6.05. The number of anilines is 1. The zero-order valence-corrected chi connectivity index (χ0v) is 12.0. The fraction of sp³-hybridized carbons (Fsp3) is 0.0714. The molecule has 0 saturated heterocycles. The van der Waals surface area contributed by atoms with Crippen LogP contribution in [-0.4, -0.2) is 5.16 Å². The maximum absolute atomic E-state index is 6.05. The van der Waals surface area contributed by atoms with Gasteiger partial charge in [-0.25, -0.2) is 0 Å². The van der Waals surface area contributed by atoms with E-state index in [0.29, 0.717) is 27.2 Å². The van der Waals surface area contributed by atoms with E-state index in [1.807, 2.05) is 13.0 Å². The van der Waals surface area contributed by atoms with Crippen LogP contribution in [0.15, 0.2) is 39.5 Å². The van der Waals surface area contributed by atoms with Crippen LogP contribution in [0.25, 0.3) is 22.5 Å². The Labute approximate surface area is 125 Å². The fourth-order valence-electron chi connectivity index (χ4n) is 2.04. The summed E-state index contributed by atoms with van der Waals surface area (Å²) in [6.07, 6.45) is 1.59. The molecule has 0 spiro atoms. The first-order valence-corrected chi connectivity index (χ1v) is 6.58. The molecule has 3 aromatic rings. The molecule has 0 aliphatic carbocycles. The Balaban J connectivity index is 2.21. The van der Waals surface area contributed by atoms with Gasteiger partial charge in [-0.1, -0.05) is 34.4 Å². The fourth-order valence-corrected chi connectivity index (χ4v) is 2.34. The number of rotatable bonds is 2. The zero-order valence-electron chi connectivity index (χ0n) is 10.5. The van der Waals surface area contributed by atoms with Crippen molar-refractivity contribution in [2.45, 2.75) is 6.92 Å². The minimum absolute atomic E-state index is 0.291. The molecule has 1 aromatic carbocycles. The molecule has 2 aromatic heterocycles. The van der Waals surface area contributed by atoms with Crippen molar-refractivity contribution in [3.8, 4) is 22.5 Å². The van der Waals surface area contributed by atoms with E-state index in [0.717, 1.165) is 16.9 Å². The molecule has 0 radical (unpaired) electrons. The smallest absolute Gasteiger partial charge is 0.180 e. The lowest BCUT2D eigenvalue weighted by atomic mass is 10.0. The minimum atomic E-state index is 0.291. The van der Waals surface area contributed by atoms with Crippen LogP contribution in [0, 0.1) is 6.92 Å². The van der Waals surface area contributed by atoms with E-state index in [4.69, 9.17) is 37.9 Å². The average Bonchev–Trinajstić information content (AvgIpc) is 2.99. The predicted molar refractivity (Wildman–Crippen MR) is 78.8 cm³/mol. The van der Waals surface area contributed by atoms with Crippen LogP contribution in [0.5, 0.6) is 0 Å². The first-order valence-electron chi connectivity index (χ1n) is 5.83. The van der Waals surface area contributed by atoms with Gasteiger partial charge in [0.15, 0.2) is 11.6 Å². The van der Waals surface area contributed by atoms with Crippen LogP contribution in [-0.2, 0) is 0 Å². The molecule has 0 saturated carbocycles. The van der Waals surface area contributed by atoms with Crippen LogP contribution in [0.4, 0.5) is 5.82 Å². The SMILES string of the molecule is Cc1occc1-c1onc(N)c1-c1ccc(Cl)c(Cl)c1. The lowest BCUT2D eigenvalue weighted by Gasteiger charge is -2.04. The molecule has 0 unspecified atom stereocenters. The maximum Gasteiger partial charge on any atom is 0.180 e. The lowest BCUT2D eigenvalue weighted by Crippen LogP contribution is -1.89. The van der Waals surface area contributed by atoms with Gasteiger partial charge in [0.2, 0.25) is 0 Å². The molecule has 2 N–H and O–H groups in total. The highest BCUT2D eigenvalue weighted by atomic mass is 35.5. The first-order chi connectivity index (χ1) is 9.58. The summed E-state index contributed by atoms with van der Waals surface area (Å²) in [5.41, 5.74) is 8.17. The molecule has 0 fully saturated rings. The number of hydrogen-bond acceptors (Lipinski definition) is 4. The molecule has 0 bridgehead atoms. The molecular formula is C14H10Cl2N2O2. The second-order valence-corrected chi connectivity index (χ2v) is 5.11. The molecule has 2 heterocycles. The number of hydrogen-bond donors (Lipinski definition) is 1. The number of aromatic nitrogens is 1. The van der Waals surface area contributed by atoms with Gasteiger partial charge in [-0.2, -0.15) is 0 Å². The predicted octanol–water partition coefficient (Wildman–Crippen LogP) is 4.80. The largest absolute Gasteiger partial charge is 0.469 e. The molecule has 4 nitrogen and oxygen atoms in total. The van der Waals surface area contributed by atoms with E-state index in [1.54, 1.807) is 24.5 Å². The number of benzene rings is 1. The van der Waals surface area contributed by atoms with Gasteiger partial charge in [-0.05, 0) is 30.7 Å². The summed E-state index contributed by atoms with van der Waals surface area (Å²) in [5.74, 6) is 1.56. The van der Waals surface area contributed by atoms with Crippen LogP contribution in [0.2, 0.25) is 10.0 Å². The third kappa shape index (κ3) is 2.07. The standard InChI is InChI=1S/C14H10Cl2N2O2/c1-7-9(4-5-19-7)13-12(14(17)18-20-13)8-2-3-10(15)11(16)6-8/h2-6H,1H3,(H2,17,18). The van der Waals surface area contributed by atoms with Crippen molar-refractivity contribution in [2.24, 2.45) is 0 Å². The van der Waals surface area contributed by atoms with Crippen molar-refractivity contribution in [2.75, 3.05) is 5.73 Å². The van der Waals surface area contributed by atoms with Crippen molar-refractivity contribution >= 4 is 29.0 Å². The Morgan fingerprint density at radius 1 is 1.15 bits per heavy atom. The second kappa shape index (κ2) is 4.89. The normalized spacial score (nSPS) is 10.9. The van der Waals surface area contributed by atoms with Crippen molar-refractivity contribution in [1.82, 2.24) is 5.16 Å². The van der Waals surface area contributed by atoms with E-state index >= 15 is 0 Å². The van der Waals surface area contributed by atoms with E-state index in [1.165, 1.54) is 0 Å². The molecule has 0 atom stereocenters. The second-order valence-electron chi connectivity index (χ2n) is 4.29. The summed E-state index contributed by atoms with van der Waals surface area (Å²) in [5, 5.41) is 4.75. The molecule has 3 rings (SSSR count). The molecule has 6 heteroatoms. The van der Waals surface area contributed by atoms with Gasteiger partial charge >= 0.3 is 0 Å². The number of furan rings is 1. The van der Waals surface area contributed by atoms with Gasteiger partial charge in [-0.15, -0.1) is 0 Å². The van der Waals surface area contributed by atoms with Gasteiger partial charge in [0, 0.05) is 0 Å².